The number of fused-ring (bicyclic) bond motifs is 1. The summed E-state index contributed by atoms with van der Waals surface area (Å²) in [6, 6.07) is 8.76. The van der Waals surface area contributed by atoms with Gasteiger partial charge in [0, 0.05) is 58.8 Å². The van der Waals surface area contributed by atoms with E-state index in [-0.39, 0.29) is 5.91 Å². The highest BCUT2D eigenvalue weighted by Crippen LogP contribution is 2.22. The highest BCUT2D eigenvalue weighted by molar-refractivity contribution is 5.80. The molecular weight excluding hydrogens is 390 g/mol. The van der Waals surface area contributed by atoms with E-state index in [1.165, 1.54) is 11.1 Å². The van der Waals surface area contributed by atoms with Gasteiger partial charge in [0.25, 0.3) is 0 Å². The van der Waals surface area contributed by atoms with Crippen LogP contribution in [-0.2, 0) is 22.6 Å². The van der Waals surface area contributed by atoms with Gasteiger partial charge < -0.3 is 25.2 Å². The molecule has 0 radical (unpaired) electrons. The van der Waals surface area contributed by atoms with Crippen LogP contribution in [0.4, 0.5) is 0 Å². The minimum absolute atomic E-state index is 0.231. The van der Waals surface area contributed by atoms with E-state index in [0.717, 1.165) is 71.1 Å². The molecule has 0 bridgehead atoms. The van der Waals surface area contributed by atoms with Crippen molar-refractivity contribution in [3.05, 3.63) is 35.4 Å². The van der Waals surface area contributed by atoms with Crippen molar-refractivity contribution < 1.29 is 9.53 Å². The molecule has 3 rings (SSSR count). The Labute approximate surface area is 187 Å². The second-order valence-corrected chi connectivity index (χ2v) is 8.80. The van der Waals surface area contributed by atoms with Crippen LogP contribution < -0.4 is 10.6 Å². The summed E-state index contributed by atoms with van der Waals surface area (Å²) in [4.78, 5) is 21.3. The Kier molecular flexibility index (Phi) is 9.15. The van der Waals surface area contributed by atoms with Crippen LogP contribution in [0, 0.1) is 0 Å². The van der Waals surface area contributed by atoms with Crippen molar-refractivity contribution in [1.82, 2.24) is 20.4 Å². The topological polar surface area (TPSA) is 69.2 Å². The third-order valence-electron chi connectivity index (χ3n) is 6.06. The standard InChI is InChI=1S/C24H39N5O2/c1-19(2)31-16-15-28-13-10-22(11-14-28)27-24(25-3)26-12-6-9-23(30)29-17-20-7-4-5-8-21(20)18-29/h4-5,7-8,19,22H,6,9-18H2,1-3H3,(H2,25,26,27). The summed E-state index contributed by atoms with van der Waals surface area (Å²) in [7, 11) is 1.81. The number of carbonyl (C=O) groups excluding carboxylic acids is 1. The van der Waals surface area contributed by atoms with E-state index >= 15 is 0 Å². The minimum atomic E-state index is 0.231. The minimum Gasteiger partial charge on any atom is -0.377 e. The second-order valence-electron chi connectivity index (χ2n) is 8.80. The van der Waals surface area contributed by atoms with E-state index in [1.807, 2.05) is 17.0 Å². The Morgan fingerprint density at radius 1 is 1.19 bits per heavy atom. The zero-order chi connectivity index (χ0) is 22.1. The molecule has 1 aromatic carbocycles. The number of aliphatic imine (C=N–C) groups is 1. The smallest absolute Gasteiger partial charge is 0.223 e. The third kappa shape index (κ3) is 7.51. The van der Waals surface area contributed by atoms with E-state index in [4.69, 9.17) is 4.74 Å². The molecule has 0 atom stereocenters. The first-order valence-electron chi connectivity index (χ1n) is 11.7. The van der Waals surface area contributed by atoms with Gasteiger partial charge in [0.2, 0.25) is 5.91 Å². The van der Waals surface area contributed by atoms with Gasteiger partial charge in [0.05, 0.1) is 12.7 Å². The molecule has 31 heavy (non-hydrogen) atoms. The SMILES string of the molecule is CN=C(NCCCC(=O)N1Cc2ccccc2C1)NC1CCN(CCOC(C)C)CC1. The first kappa shape index (κ1) is 23.5. The maximum atomic E-state index is 12.5. The predicted octanol–water partition coefficient (Wildman–Crippen LogP) is 2.36. The Morgan fingerprint density at radius 3 is 2.48 bits per heavy atom. The number of rotatable bonds is 9. The number of hydrogen-bond donors (Lipinski definition) is 2. The van der Waals surface area contributed by atoms with E-state index in [9.17, 15) is 4.79 Å². The third-order valence-corrected chi connectivity index (χ3v) is 6.06. The van der Waals surface area contributed by atoms with Crippen LogP contribution >= 0.6 is 0 Å². The number of benzene rings is 1. The molecule has 0 unspecified atom stereocenters. The summed E-state index contributed by atoms with van der Waals surface area (Å²) in [6.07, 6.45) is 3.89. The fourth-order valence-corrected chi connectivity index (χ4v) is 4.22. The molecule has 7 nitrogen and oxygen atoms in total. The van der Waals surface area contributed by atoms with Crippen molar-refractivity contribution in [2.24, 2.45) is 4.99 Å². The first-order valence-corrected chi connectivity index (χ1v) is 11.7. The number of nitrogens with zero attached hydrogens (tertiary/aromatic N) is 3. The van der Waals surface area contributed by atoms with Gasteiger partial charge in [0.15, 0.2) is 5.96 Å². The molecule has 1 amide bonds. The van der Waals surface area contributed by atoms with Gasteiger partial charge in [-0.1, -0.05) is 24.3 Å². The molecule has 2 aliphatic heterocycles. The Balaban J connectivity index is 1.28. The highest BCUT2D eigenvalue weighted by Gasteiger charge is 2.22. The zero-order valence-electron chi connectivity index (χ0n) is 19.4. The maximum Gasteiger partial charge on any atom is 0.223 e. The van der Waals surface area contributed by atoms with Gasteiger partial charge in [-0.25, -0.2) is 0 Å². The molecule has 1 aromatic rings. The fourth-order valence-electron chi connectivity index (χ4n) is 4.22. The van der Waals surface area contributed by atoms with Gasteiger partial charge in [-0.05, 0) is 44.2 Å². The quantitative estimate of drug-likeness (QED) is 0.358. The molecule has 0 spiro atoms. The first-order chi connectivity index (χ1) is 15.0. The average molecular weight is 430 g/mol. The molecule has 0 aliphatic carbocycles. The lowest BCUT2D eigenvalue weighted by Gasteiger charge is -2.33. The van der Waals surface area contributed by atoms with Gasteiger partial charge in [-0.15, -0.1) is 0 Å². The summed E-state index contributed by atoms with van der Waals surface area (Å²) in [6.45, 7) is 10.4. The van der Waals surface area contributed by atoms with Crippen molar-refractivity contribution in [3.63, 3.8) is 0 Å². The van der Waals surface area contributed by atoms with Crippen molar-refractivity contribution in [2.45, 2.75) is 64.8 Å². The number of ether oxygens (including phenoxy) is 1. The average Bonchev–Trinajstić information content (AvgIpc) is 3.21. The maximum absolute atomic E-state index is 12.5. The summed E-state index contributed by atoms with van der Waals surface area (Å²) < 4.78 is 5.66. The number of piperidine rings is 1. The van der Waals surface area contributed by atoms with Crippen molar-refractivity contribution in [3.8, 4) is 0 Å². The van der Waals surface area contributed by atoms with E-state index in [2.05, 4.69) is 46.5 Å². The largest absolute Gasteiger partial charge is 0.377 e. The molecule has 1 fully saturated rings. The van der Waals surface area contributed by atoms with Crippen molar-refractivity contribution in [1.29, 1.82) is 0 Å². The molecule has 2 N–H and O–H groups in total. The van der Waals surface area contributed by atoms with Crippen LogP contribution in [0.3, 0.4) is 0 Å². The van der Waals surface area contributed by atoms with Gasteiger partial charge in [-0.2, -0.15) is 0 Å². The molecule has 2 aliphatic rings. The number of nitrogens with one attached hydrogen (secondary N) is 2. The van der Waals surface area contributed by atoms with Crippen molar-refractivity contribution >= 4 is 11.9 Å². The normalized spacial score (nSPS) is 17.8. The predicted molar refractivity (Wildman–Crippen MR) is 125 cm³/mol. The number of hydrogen-bond acceptors (Lipinski definition) is 4. The number of carbonyl (C=O) groups is 1. The van der Waals surface area contributed by atoms with Crippen LogP contribution in [0.5, 0.6) is 0 Å². The lowest BCUT2D eigenvalue weighted by Crippen LogP contribution is -2.49. The molecular formula is C24H39N5O2. The molecule has 1 saturated heterocycles. The molecule has 7 heteroatoms. The lowest BCUT2D eigenvalue weighted by molar-refractivity contribution is -0.131. The highest BCUT2D eigenvalue weighted by atomic mass is 16.5. The fraction of sp³-hybridized carbons (Fsp3) is 0.667. The zero-order valence-corrected chi connectivity index (χ0v) is 19.4. The number of guanidine groups is 1. The molecule has 0 aromatic heterocycles. The summed E-state index contributed by atoms with van der Waals surface area (Å²) in [5, 5.41) is 6.91. The van der Waals surface area contributed by atoms with E-state index < -0.39 is 0 Å². The number of amides is 1. The van der Waals surface area contributed by atoms with Crippen LogP contribution in [0.1, 0.15) is 50.7 Å². The van der Waals surface area contributed by atoms with Gasteiger partial charge in [0.1, 0.15) is 0 Å². The molecule has 0 saturated carbocycles. The van der Waals surface area contributed by atoms with Crippen molar-refractivity contribution in [2.75, 3.05) is 39.8 Å². The van der Waals surface area contributed by atoms with E-state index in [0.29, 0.717) is 18.6 Å². The Hall–Kier alpha value is -2.12. The van der Waals surface area contributed by atoms with Gasteiger partial charge >= 0.3 is 0 Å². The molecule has 2 heterocycles. The van der Waals surface area contributed by atoms with Gasteiger partial charge in [-0.3, -0.25) is 9.79 Å². The summed E-state index contributed by atoms with van der Waals surface area (Å²) in [5.41, 5.74) is 2.55. The van der Waals surface area contributed by atoms with E-state index in [1.54, 1.807) is 7.05 Å². The summed E-state index contributed by atoms with van der Waals surface area (Å²) in [5.74, 6) is 1.07. The molecule has 172 valence electrons. The Morgan fingerprint density at radius 2 is 1.87 bits per heavy atom. The van der Waals surface area contributed by atoms with Crippen LogP contribution in [0.2, 0.25) is 0 Å². The van der Waals surface area contributed by atoms with Crippen LogP contribution in [0.15, 0.2) is 29.3 Å². The van der Waals surface area contributed by atoms with Crippen LogP contribution in [-0.4, -0.2) is 73.6 Å². The van der Waals surface area contributed by atoms with Crippen LogP contribution in [0.25, 0.3) is 0 Å². The summed E-state index contributed by atoms with van der Waals surface area (Å²) >= 11 is 0. The monoisotopic (exact) mass is 429 g/mol. The lowest BCUT2D eigenvalue weighted by atomic mass is 10.1. The Bertz CT molecular complexity index is 703. The second kappa shape index (κ2) is 12.1. The number of likely N-dealkylation sites (tertiary alicyclic amines) is 1.